The van der Waals surface area contributed by atoms with E-state index in [1.54, 1.807) is 18.2 Å². The first-order valence-electron chi connectivity index (χ1n) is 7.82. The number of hydrogen-bond donors (Lipinski definition) is 2. The lowest BCUT2D eigenvalue weighted by molar-refractivity contribution is 0.101. The first-order valence-corrected chi connectivity index (χ1v) is 9.33. The number of carbonyl (C=O) groups excluding carboxylic acids is 2. The molecule has 28 heavy (non-hydrogen) atoms. The monoisotopic (exact) mass is 453 g/mol. The number of aromatic nitrogens is 1. The van der Waals surface area contributed by atoms with Crippen LogP contribution in [-0.4, -0.2) is 16.8 Å². The Morgan fingerprint density at radius 2 is 1.21 bits per heavy atom. The molecule has 0 spiro atoms. The maximum absolute atomic E-state index is 12.5. The summed E-state index contributed by atoms with van der Waals surface area (Å²) in [5, 5.41) is 6.60. The van der Waals surface area contributed by atoms with Gasteiger partial charge in [-0.15, -0.1) is 0 Å². The van der Waals surface area contributed by atoms with Gasteiger partial charge in [-0.3, -0.25) is 14.6 Å². The van der Waals surface area contributed by atoms with Crippen molar-refractivity contribution in [1.82, 2.24) is 4.98 Å². The van der Waals surface area contributed by atoms with E-state index in [1.165, 1.54) is 36.7 Å². The van der Waals surface area contributed by atoms with Gasteiger partial charge in [0, 0.05) is 16.2 Å². The predicted octanol–water partition coefficient (Wildman–Crippen LogP) is 6.20. The van der Waals surface area contributed by atoms with Gasteiger partial charge in [-0.1, -0.05) is 46.4 Å². The number of rotatable bonds is 4. The van der Waals surface area contributed by atoms with Gasteiger partial charge in [0.2, 0.25) is 0 Å². The number of nitrogens with zero attached hydrogens (tertiary/aromatic N) is 1. The van der Waals surface area contributed by atoms with Crippen LogP contribution in [0.5, 0.6) is 0 Å². The van der Waals surface area contributed by atoms with Crippen LogP contribution in [0.15, 0.2) is 54.9 Å². The van der Waals surface area contributed by atoms with Crippen molar-refractivity contribution < 1.29 is 9.59 Å². The molecule has 1 heterocycles. The summed E-state index contributed by atoms with van der Waals surface area (Å²) in [6, 6.07) is 10.6. The lowest BCUT2D eigenvalue weighted by Gasteiger charge is -2.13. The molecular formula is C19H11Cl4N3O2. The average molecular weight is 455 g/mol. The van der Waals surface area contributed by atoms with E-state index >= 15 is 0 Å². The van der Waals surface area contributed by atoms with Crippen LogP contribution >= 0.6 is 46.4 Å². The zero-order valence-electron chi connectivity index (χ0n) is 14.0. The number of anilines is 2. The zero-order valence-corrected chi connectivity index (χ0v) is 17.0. The fourth-order valence-corrected chi connectivity index (χ4v) is 3.32. The Balaban J connectivity index is 1.83. The van der Waals surface area contributed by atoms with Gasteiger partial charge >= 0.3 is 0 Å². The van der Waals surface area contributed by atoms with E-state index in [0.29, 0.717) is 15.7 Å². The van der Waals surface area contributed by atoms with Crippen LogP contribution in [0.1, 0.15) is 20.7 Å². The second kappa shape index (κ2) is 8.80. The third kappa shape index (κ3) is 4.75. The molecule has 0 aliphatic carbocycles. The lowest BCUT2D eigenvalue weighted by Crippen LogP contribution is -2.17. The maximum atomic E-state index is 12.5. The summed E-state index contributed by atoms with van der Waals surface area (Å²) in [6.07, 6.45) is 2.88. The number of hydrogen-bond acceptors (Lipinski definition) is 3. The van der Waals surface area contributed by atoms with Crippen molar-refractivity contribution in [3.63, 3.8) is 0 Å². The van der Waals surface area contributed by atoms with Gasteiger partial charge in [0.25, 0.3) is 11.8 Å². The van der Waals surface area contributed by atoms with Crippen LogP contribution in [0.3, 0.4) is 0 Å². The van der Waals surface area contributed by atoms with Crippen LogP contribution in [-0.2, 0) is 0 Å². The smallest absolute Gasteiger partial charge is 0.257 e. The van der Waals surface area contributed by atoms with E-state index < -0.39 is 11.8 Å². The molecule has 2 aromatic carbocycles. The summed E-state index contributed by atoms with van der Waals surface area (Å²) < 4.78 is 0. The number of amides is 2. The summed E-state index contributed by atoms with van der Waals surface area (Å²) >= 11 is 23.8. The highest BCUT2D eigenvalue weighted by molar-refractivity contribution is 6.38. The minimum atomic E-state index is -0.477. The Morgan fingerprint density at radius 1 is 0.714 bits per heavy atom. The number of halogens is 4. The average Bonchev–Trinajstić information content (AvgIpc) is 2.63. The van der Waals surface area contributed by atoms with Crippen LogP contribution in [0.25, 0.3) is 0 Å². The molecule has 0 radical (unpaired) electrons. The largest absolute Gasteiger partial charge is 0.320 e. The molecule has 0 saturated carbocycles. The molecule has 5 nitrogen and oxygen atoms in total. The summed E-state index contributed by atoms with van der Waals surface area (Å²) in [6.45, 7) is 0. The molecule has 3 rings (SSSR count). The zero-order chi connectivity index (χ0) is 20.3. The topological polar surface area (TPSA) is 71.1 Å². The van der Waals surface area contributed by atoms with Gasteiger partial charge in [0.05, 0.1) is 38.7 Å². The molecular weight excluding hydrogens is 444 g/mol. The fraction of sp³-hybridized carbons (Fsp3) is 0. The fourth-order valence-electron chi connectivity index (χ4n) is 2.33. The van der Waals surface area contributed by atoms with Crippen molar-refractivity contribution in [2.45, 2.75) is 0 Å². The Morgan fingerprint density at radius 3 is 1.71 bits per heavy atom. The van der Waals surface area contributed by atoms with Gasteiger partial charge in [-0.2, -0.15) is 0 Å². The van der Waals surface area contributed by atoms with Crippen LogP contribution in [0.4, 0.5) is 11.4 Å². The van der Waals surface area contributed by atoms with E-state index in [1.807, 2.05) is 0 Å². The Kier molecular flexibility index (Phi) is 6.42. The number of carbonyl (C=O) groups is 2. The Hall–Kier alpha value is -2.31. The van der Waals surface area contributed by atoms with E-state index in [2.05, 4.69) is 15.6 Å². The second-order valence-electron chi connectivity index (χ2n) is 5.58. The summed E-state index contributed by atoms with van der Waals surface area (Å²) in [4.78, 5) is 29.0. The highest BCUT2D eigenvalue weighted by atomic mass is 35.5. The van der Waals surface area contributed by atoms with E-state index in [4.69, 9.17) is 46.4 Å². The molecule has 3 aromatic rings. The molecule has 0 aliphatic heterocycles. The Labute approximate surface area is 180 Å². The molecule has 0 unspecified atom stereocenters. The van der Waals surface area contributed by atoms with Crippen molar-refractivity contribution >= 4 is 69.6 Å². The predicted molar refractivity (Wildman–Crippen MR) is 113 cm³/mol. The summed E-state index contributed by atoms with van der Waals surface area (Å²) in [5.41, 5.74) is 1.09. The van der Waals surface area contributed by atoms with E-state index in [-0.39, 0.29) is 26.9 Å². The minimum Gasteiger partial charge on any atom is -0.320 e. The van der Waals surface area contributed by atoms with Gasteiger partial charge in [0.15, 0.2) is 0 Å². The number of nitrogens with one attached hydrogen (secondary N) is 2. The third-order valence-electron chi connectivity index (χ3n) is 3.67. The first-order chi connectivity index (χ1) is 13.3. The van der Waals surface area contributed by atoms with Gasteiger partial charge < -0.3 is 10.6 Å². The van der Waals surface area contributed by atoms with Gasteiger partial charge in [-0.25, -0.2) is 0 Å². The molecule has 2 N–H and O–H groups in total. The molecule has 1 aromatic heterocycles. The van der Waals surface area contributed by atoms with Crippen molar-refractivity contribution in [3.05, 3.63) is 86.1 Å². The SMILES string of the molecule is O=C(Nc1ccncc1NC(=O)c1ccc(Cl)cc1Cl)c1ccc(Cl)cc1Cl. The molecule has 0 aliphatic rings. The first kappa shape index (κ1) is 20.4. The highest BCUT2D eigenvalue weighted by Crippen LogP contribution is 2.26. The Bertz CT molecular complexity index is 988. The quantitative estimate of drug-likeness (QED) is 0.492. The molecule has 0 atom stereocenters. The molecule has 2 amide bonds. The maximum Gasteiger partial charge on any atom is 0.257 e. The van der Waals surface area contributed by atoms with Crippen LogP contribution in [0, 0.1) is 0 Å². The van der Waals surface area contributed by atoms with Crippen LogP contribution < -0.4 is 10.6 Å². The standard InChI is InChI=1S/C19H11Cl4N3O2/c20-10-1-3-12(14(22)7-10)18(27)25-16-5-6-24-9-17(16)26-19(28)13-4-2-11(21)8-15(13)23/h1-9H,(H,26,28)(H,24,25,27). The highest BCUT2D eigenvalue weighted by Gasteiger charge is 2.16. The van der Waals surface area contributed by atoms with Gasteiger partial charge in [-0.05, 0) is 42.5 Å². The summed E-state index contributed by atoms with van der Waals surface area (Å²) in [5.74, 6) is -0.942. The van der Waals surface area contributed by atoms with E-state index in [0.717, 1.165) is 0 Å². The van der Waals surface area contributed by atoms with E-state index in [9.17, 15) is 9.59 Å². The van der Waals surface area contributed by atoms with Crippen molar-refractivity contribution in [3.8, 4) is 0 Å². The van der Waals surface area contributed by atoms with Crippen molar-refractivity contribution in [2.24, 2.45) is 0 Å². The van der Waals surface area contributed by atoms with Crippen LogP contribution in [0.2, 0.25) is 20.1 Å². The van der Waals surface area contributed by atoms with Crippen molar-refractivity contribution in [2.75, 3.05) is 10.6 Å². The molecule has 142 valence electrons. The normalized spacial score (nSPS) is 10.4. The number of pyridine rings is 1. The third-order valence-corrected chi connectivity index (χ3v) is 4.76. The molecule has 9 heteroatoms. The molecule has 0 saturated heterocycles. The van der Waals surface area contributed by atoms with Gasteiger partial charge in [0.1, 0.15) is 0 Å². The summed E-state index contributed by atoms with van der Waals surface area (Å²) in [7, 11) is 0. The number of benzene rings is 2. The van der Waals surface area contributed by atoms with Crippen molar-refractivity contribution in [1.29, 1.82) is 0 Å². The second-order valence-corrected chi connectivity index (χ2v) is 7.27. The minimum absolute atomic E-state index is 0.201. The molecule has 0 bridgehead atoms. The lowest BCUT2D eigenvalue weighted by atomic mass is 10.2. The molecule has 0 fully saturated rings.